The van der Waals surface area contributed by atoms with E-state index in [9.17, 15) is 0 Å². The molecule has 0 amide bonds. The fourth-order valence-corrected chi connectivity index (χ4v) is 0.461. The van der Waals surface area contributed by atoms with Gasteiger partial charge in [0, 0.05) is 13.1 Å². The molecular weight excluding hydrogens is 148 g/mol. The number of likely N-dealkylation sites (N-methyl/N-ethyl adjacent to an activating group) is 2. The summed E-state index contributed by atoms with van der Waals surface area (Å²) in [6.07, 6.45) is 0. The van der Waals surface area contributed by atoms with E-state index in [4.69, 9.17) is 0 Å². The Labute approximate surface area is 79.3 Å². The van der Waals surface area contributed by atoms with Crippen LogP contribution >= 0.6 is 0 Å². The highest BCUT2D eigenvalue weighted by Gasteiger charge is 1.88. The molecule has 12 heavy (non-hydrogen) atoms. The van der Waals surface area contributed by atoms with Crippen LogP contribution in [0.4, 0.5) is 0 Å². The Morgan fingerprint density at radius 1 is 1.08 bits per heavy atom. The molecule has 0 bridgehead atoms. The zero-order valence-corrected chi connectivity index (χ0v) is 10.1. The van der Waals surface area contributed by atoms with E-state index in [1.807, 2.05) is 34.7 Å². The summed E-state index contributed by atoms with van der Waals surface area (Å²) in [5, 5.41) is 3.09. The van der Waals surface area contributed by atoms with Crippen molar-refractivity contribution in [2.45, 2.75) is 34.6 Å². The highest BCUT2D eigenvalue weighted by molar-refractivity contribution is 4.47. The van der Waals surface area contributed by atoms with Gasteiger partial charge in [0.05, 0.1) is 0 Å². The highest BCUT2D eigenvalue weighted by Crippen LogP contribution is 1.75. The molecule has 0 aliphatic heterocycles. The summed E-state index contributed by atoms with van der Waals surface area (Å²) >= 11 is 0. The van der Waals surface area contributed by atoms with Crippen molar-refractivity contribution in [2.24, 2.45) is 0 Å². The van der Waals surface area contributed by atoms with Crippen molar-refractivity contribution in [1.29, 1.82) is 0 Å². The van der Waals surface area contributed by atoms with Gasteiger partial charge in [-0.15, -0.1) is 0 Å². The van der Waals surface area contributed by atoms with Gasteiger partial charge in [0.15, 0.2) is 0 Å². The Bertz CT molecular complexity index is 47.1. The predicted molar refractivity (Wildman–Crippen MR) is 59.8 cm³/mol. The number of nitrogens with one attached hydrogen (secondary N) is 1. The second-order valence-corrected chi connectivity index (χ2v) is 2.00. The molecule has 78 valence electrons. The predicted octanol–water partition coefficient (Wildman–Crippen LogP) is 2.21. The maximum atomic E-state index is 3.09. The standard InChI is InChI=1S/C6H16N2.2C2H6/c1-4-8(3)6-5-7-2;2*1-2/h7H,4-6H2,1-3H3;2*1-2H3. The Balaban J connectivity index is -0.000000175. The van der Waals surface area contributed by atoms with Gasteiger partial charge in [-0.25, -0.2) is 0 Å². The van der Waals surface area contributed by atoms with Crippen LogP contribution in [-0.2, 0) is 0 Å². The topological polar surface area (TPSA) is 15.3 Å². The van der Waals surface area contributed by atoms with Crippen molar-refractivity contribution in [3.63, 3.8) is 0 Å². The molecule has 2 heteroatoms. The van der Waals surface area contributed by atoms with E-state index in [2.05, 4.69) is 24.2 Å². The van der Waals surface area contributed by atoms with Gasteiger partial charge in [-0.3, -0.25) is 0 Å². The first-order valence-corrected chi connectivity index (χ1v) is 5.14. The summed E-state index contributed by atoms with van der Waals surface area (Å²) in [5.41, 5.74) is 0. The van der Waals surface area contributed by atoms with E-state index in [0.717, 1.165) is 19.6 Å². The van der Waals surface area contributed by atoms with Gasteiger partial charge in [0.1, 0.15) is 0 Å². The van der Waals surface area contributed by atoms with Crippen molar-refractivity contribution >= 4 is 0 Å². The lowest BCUT2D eigenvalue weighted by Gasteiger charge is -2.11. The minimum absolute atomic E-state index is 1.09. The second kappa shape index (κ2) is 22.4. The second-order valence-electron chi connectivity index (χ2n) is 2.00. The van der Waals surface area contributed by atoms with E-state index in [1.54, 1.807) is 0 Å². The van der Waals surface area contributed by atoms with Gasteiger partial charge in [-0.2, -0.15) is 0 Å². The Morgan fingerprint density at radius 3 is 1.75 bits per heavy atom. The summed E-state index contributed by atoms with van der Waals surface area (Å²) in [7, 11) is 4.10. The number of hydrogen-bond acceptors (Lipinski definition) is 2. The molecule has 0 saturated carbocycles. The van der Waals surface area contributed by atoms with Crippen molar-refractivity contribution in [1.82, 2.24) is 10.2 Å². The molecule has 0 aliphatic rings. The molecule has 0 spiro atoms. The minimum Gasteiger partial charge on any atom is -0.318 e. The van der Waals surface area contributed by atoms with Gasteiger partial charge in [0.2, 0.25) is 0 Å². The van der Waals surface area contributed by atoms with Gasteiger partial charge in [0.25, 0.3) is 0 Å². The molecule has 0 fully saturated rings. The van der Waals surface area contributed by atoms with Crippen molar-refractivity contribution in [3.8, 4) is 0 Å². The largest absolute Gasteiger partial charge is 0.318 e. The molecule has 0 aromatic rings. The minimum atomic E-state index is 1.09. The van der Waals surface area contributed by atoms with Crippen LogP contribution in [0.1, 0.15) is 34.6 Å². The Hall–Kier alpha value is -0.0800. The van der Waals surface area contributed by atoms with Crippen LogP contribution in [0, 0.1) is 0 Å². The molecule has 1 N–H and O–H groups in total. The first-order valence-electron chi connectivity index (χ1n) is 5.14. The third-order valence-corrected chi connectivity index (χ3v) is 1.28. The van der Waals surface area contributed by atoms with Crippen LogP contribution in [0.3, 0.4) is 0 Å². The van der Waals surface area contributed by atoms with Crippen LogP contribution < -0.4 is 5.32 Å². The lowest BCUT2D eigenvalue weighted by molar-refractivity contribution is 0.354. The normalized spacial score (nSPS) is 8.00. The average molecular weight is 176 g/mol. The fraction of sp³-hybridized carbons (Fsp3) is 1.00. The monoisotopic (exact) mass is 176 g/mol. The first kappa shape index (κ1) is 17.9. The van der Waals surface area contributed by atoms with E-state index >= 15 is 0 Å². The molecule has 0 atom stereocenters. The Kier molecular flexibility index (Phi) is 33.4. The highest BCUT2D eigenvalue weighted by atomic mass is 15.1. The van der Waals surface area contributed by atoms with Crippen molar-refractivity contribution < 1.29 is 0 Å². The van der Waals surface area contributed by atoms with E-state index in [-0.39, 0.29) is 0 Å². The molecule has 0 radical (unpaired) electrons. The van der Waals surface area contributed by atoms with E-state index < -0.39 is 0 Å². The van der Waals surface area contributed by atoms with Gasteiger partial charge in [-0.1, -0.05) is 34.6 Å². The summed E-state index contributed by atoms with van der Waals surface area (Å²) in [4.78, 5) is 2.27. The molecule has 0 rings (SSSR count). The van der Waals surface area contributed by atoms with Crippen LogP contribution in [-0.4, -0.2) is 38.6 Å². The fourth-order valence-electron chi connectivity index (χ4n) is 0.461. The third-order valence-electron chi connectivity index (χ3n) is 1.28. The number of hydrogen-bond donors (Lipinski definition) is 1. The zero-order valence-electron chi connectivity index (χ0n) is 10.1. The molecular formula is C10H28N2. The molecule has 0 aliphatic carbocycles. The molecule has 0 saturated heterocycles. The molecule has 0 aromatic heterocycles. The van der Waals surface area contributed by atoms with Crippen molar-refractivity contribution in [2.75, 3.05) is 33.7 Å². The van der Waals surface area contributed by atoms with Gasteiger partial charge < -0.3 is 10.2 Å². The number of nitrogens with zero attached hydrogens (tertiary/aromatic N) is 1. The van der Waals surface area contributed by atoms with Crippen molar-refractivity contribution in [3.05, 3.63) is 0 Å². The summed E-state index contributed by atoms with van der Waals surface area (Å²) in [5.74, 6) is 0. The maximum Gasteiger partial charge on any atom is 0.0104 e. The van der Waals surface area contributed by atoms with Crippen LogP contribution in [0.25, 0.3) is 0 Å². The molecule has 0 aromatic carbocycles. The molecule has 0 heterocycles. The lowest BCUT2D eigenvalue weighted by Crippen LogP contribution is -2.26. The van der Waals surface area contributed by atoms with Crippen LogP contribution in [0.15, 0.2) is 0 Å². The van der Waals surface area contributed by atoms with Gasteiger partial charge >= 0.3 is 0 Å². The van der Waals surface area contributed by atoms with E-state index in [1.165, 1.54) is 0 Å². The number of rotatable bonds is 4. The van der Waals surface area contributed by atoms with Gasteiger partial charge in [-0.05, 0) is 20.6 Å². The molecule has 2 nitrogen and oxygen atoms in total. The smallest absolute Gasteiger partial charge is 0.0104 e. The summed E-state index contributed by atoms with van der Waals surface area (Å²) in [6, 6.07) is 0. The first-order chi connectivity index (χ1) is 5.81. The Morgan fingerprint density at radius 2 is 1.50 bits per heavy atom. The quantitative estimate of drug-likeness (QED) is 0.706. The maximum absolute atomic E-state index is 3.09. The molecule has 0 unspecified atom stereocenters. The van der Waals surface area contributed by atoms with Crippen LogP contribution in [0.5, 0.6) is 0 Å². The third kappa shape index (κ3) is 22.5. The SMILES string of the molecule is CC.CC.CCN(C)CCNC. The summed E-state index contributed by atoms with van der Waals surface area (Å²) < 4.78 is 0. The van der Waals surface area contributed by atoms with E-state index in [0.29, 0.717) is 0 Å². The van der Waals surface area contributed by atoms with Crippen LogP contribution in [0.2, 0.25) is 0 Å². The summed E-state index contributed by atoms with van der Waals surface area (Å²) in [6.45, 7) is 13.5. The zero-order chi connectivity index (χ0) is 10.4. The lowest BCUT2D eigenvalue weighted by atomic mass is 10.5. The average Bonchev–Trinajstić information content (AvgIpc) is 2.20.